The maximum absolute atomic E-state index is 13.2. The van der Waals surface area contributed by atoms with Gasteiger partial charge in [-0.1, -0.05) is 13.8 Å². The van der Waals surface area contributed by atoms with E-state index in [4.69, 9.17) is 4.42 Å². The highest BCUT2D eigenvalue weighted by Gasteiger charge is 2.12. The van der Waals surface area contributed by atoms with E-state index >= 15 is 0 Å². The number of hydrogen-bond acceptors (Lipinski definition) is 2. The quantitative estimate of drug-likeness (QED) is 0.800. The molecule has 0 fully saturated rings. The van der Waals surface area contributed by atoms with E-state index in [2.05, 4.69) is 19.2 Å². The molecular weight excluding hydrogens is 217 g/mol. The van der Waals surface area contributed by atoms with Crippen LogP contribution in [-0.4, -0.2) is 6.54 Å². The van der Waals surface area contributed by atoms with Crippen molar-refractivity contribution in [2.45, 2.75) is 33.2 Å². The first-order chi connectivity index (χ1) is 8.26. The Balaban J connectivity index is 2.35. The van der Waals surface area contributed by atoms with Gasteiger partial charge in [-0.2, -0.15) is 0 Å². The molecule has 0 amide bonds. The molecule has 1 heterocycles. The van der Waals surface area contributed by atoms with Crippen LogP contribution >= 0.6 is 0 Å². The normalized spacial score (nSPS) is 11.2. The van der Waals surface area contributed by atoms with Crippen LogP contribution in [0.1, 0.15) is 31.6 Å². The van der Waals surface area contributed by atoms with Crippen molar-refractivity contribution in [2.24, 2.45) is 0 Å². The van der Waals surface area contributed by atoms with Gasteiger partial charge in [0.15, 0.2) is 0 Å². The molecule has 0 aliphatic rings. The Labute approximate surface area is 101 Å². The molecule has 1 aromatic heterocycles. The second-order valence-corrected chi connectivity index (χ2v) is 4.17. The zero-order valence-electron chi connectivity index (χ0n) is 10.3. The second-order valence-electron chi connectivity index (χ2n) is 4.17. The molecule has 1 N–H and O–H groups in total. The minimum atomic E-state index is -0.207. The van der Waals surface area contributed by atoms with Crippen LogP contribution in [0, 0.1) is 5.82 Å². The highest BCUT2D eigenvalue weighted by Crippen LogP contribution is 2.27. The number of benzene rings is 1. The van der Waals surface area contributed by atoms with Gasteiger partial charge < -0.3 is 9.73 Å². The number of aryl methyl sites for hydroxylation is 1. The first-order valence-corrected chi connectivity index (χ1v) is 6.16. The molecule has 0 aliphatic heterocycles. The second kappa shape index (κ2) is 5.32. The summed E-state index contributed by atoms with van der Waals surface area (Å²) >= 11 is 0. The average molecular weight is 235 g/mol. The molecule has 0 saturated carbocycles. The Morgan fingerprint density at radius 2 is 2.12 bits per heavy atom. The molecule has 2 aromatic rings. The predicted molar refractivity (Wildman–Crippen MR) is 67.5 cm³/mol. The van der Waals surface area contributed by atoms with Crippen molar-refractivity contribution in [1.82, 2.24) is 5.32 Å². The topological polar surface area (TPSA) is 25.2 Å². The Morgan fingerprint density at radius 3 is 2.82 bits per heavy atom. The molecule has 17 heavy (non-hydrogen) atoms. The summed E-state index contributed by atoms with van der Waals surface area (Å²) in [5, 5.41) is 4.22. The molecule has 2 nitrogen and oxygen atoms in total. The molecular formula is C14H18FNO. The number of nitrogens with one attached hydrogen (secondary N) is 1. The van der Waals surface area contributed by atoms with Crippen LogP contribution in [0.5, 0.6) is 0 Å². The number of halogens is 1. The van der Waals surface area contributed by atoms with Crippen molar-refractivity contribution in [3.8, 4) is 0 Å². The third-order valence-corrected chi connectivity index (χ3v) is 2.90. The van der Waals surface area contributed by atoms with Gasteiger partial charge >= 0.3 is 0 Å². The van der Waals surface area contributed by atoms with Crippen LogP contribution in [0.2, 0.25) is 0 Å². The van der Waals surface area contributed by atoms with Gasteiger partial charge in [-0.3, -0.25) is 0 Å². The zero-order chi connectivity index (χ0) is 12.3. The van der Waals surface area contributed by atoms with Gasteiger partial charge in [0, 0.05) is 10.9 Å². The standard InChI is InChI=1S/C14H18FNO/c1-3-7-16-9-14-11(4-2)12-8-10(15)5-6-13(12)17-14/h5-6,8,16H,3-4,7,9H2,1-2H3. The lowest BCUT2D eigenvalue weighted by Gasteiger charge is -2.01. The lowest BCUT2D eigenvalue weighted by molar-refractivity contribution is 0.507. The highest BCUT2D eigenvalue weighted by atomic mass is 19.1. The van der Waals surface area contributed by atoms with E-state index in [0.717, 1.165) is 41.7 Å². The van der Waals surface area contributed by atoms with Gasteiger partial charge in [0.05, 0.1) is 6.54 Å². The van der Waals surface area contributed by atoms with Crippen LogP contribution < -0.4 is 5.32 Å². The highest BCUT2D eigenvalue weighted by molar-refractivity contribution is 5.82. The van der Waals surface area contributed by atoms with E-state index in [1.165, 1.54) is 6.07 Å². The molecule has 1 aromatic carbocycles. The average Bonchev–Trinajstić information content (AvgIpc) is 2.66. The predicted octanol–water partition coefficient (Wildman–Crippen LogP) is 3.63. The molecule has 0 aliphatic carbocycles. The SMILES string of the molecule is CCCNCc1oc2ccc(F)cc2c1CC. The molecule has 0 spiro atoms. The van der Waals surface area contributed by atoms with Crippen molar-refractivity contribution in [1.29, 1.82) is 0 Å². The Morgan fingerprint density at radius 1 is 1.29 bits per heavy atom. The minimum absolute atomic E-state index is 0.207. The van der Waals surface area contributed by atoms with Crippen LogP contribution in [0.25, 0.3) is 11.0 Å². The van der Waals surface area contributed by atoms with Gasteiger partial charge in [0.1, 0.15) is 17.2 Å². The number of rotatable bonds is 5. The lowest BCUT2D eigenvalue weighted by atomic mass is 10.1. The monoisotopic (exact) mass is 235 g/mol. The van der Waals surface area contributed by atoms with Crippen molar-refractivity contribution in [3.05, 3.63) is 35.3 Å². The van der Waals surface area contributed by atoms with Crippen LogP contribution in [0.3, 0.4) is 0 Å². The molecule has 0 unspecified atom stereocenters. The first kappa shape index (κ1) is 12.1. The third-order valence-electron chi connectivity index (χ3n) is 2.90. The third kappa shape index (κ3) is 2.50. The smallest absolute Gasteiger partial charge is 0.134 e. The van der Waals surface area contributed by atoms with Gasteiger partial charge in [-0.05, 0) is 37.6 Å². The fraction of sp³-hybridized carbons (Fsp3) is 0.429. The van der Waals surface area contributed by atoms with E-state index in [9.17, 15) is 4.39 Å². The summed E-state index contributed by atoms with van der Waals surface area (Å²) in [6.07, 6.45) is 1.95. The van der Waals surface area contributed by atoms with Crippen molar-refractivity contribution < 1.29 is 8.81 Å². The summed E-state index contributed by atoms with van der Waals surface area (Å²) in [6.45, 7) is 5.88. The zero-order valence-corrected chi connectivity index (χ0v) is 10.3. The molecule has 92 valence electrons. The first-order valence-electron chi connectivity index (χ1n) is 6.16. The summed E-state index contributed by atoms with van der Waals surface area (Å²) in [7, 11) is 0. The van der Waals surface area contributed by atoms with Gasteiger partial charge in [0.25, 0.3) is 0 Å². The largest absolute Gasteiger partial charge is 0.459 e. The van der Waals surface area contributed by atoms with Crippen LogP contribution in [0.15, 0.2) is 22.6 Å². The van der Waals surface area contributed by atoms with Gasteiger partial charge in [0.2, 0.25) is 0 Å². The summed E-state index contributed by atoms with van der Waals surface area (Å²) in [5.41, 5.74) is 1.89. The Hall–Kier alpha value is -1.35. The molecule has 3 heteroatoms. The lowest BCUT2D eigenvalue weighted by Crippen LogP contribution is -2.14. The van der Waals surface area contributed by atoms with E-state index < -0.39 is 0 Å². The maximum Gasteiger partial charge on any atom is 0.134 e. The van der Waals surface area contributed by atoms with Crippen LogP contribution in [-0.2, 0) is 13.0 Å². The Kier molecular flexibility index (Phi) is 3.79. The summed E-state index contributed by atoms with van der Waals surface area (Å²) in [6, 6.07) is 4.70. The minimum Gasteiger partial charge on any atom is -0.459 e. The number of fused-ring (bicyclic) bond motifs is 1. The number of furan rings is 1. The summed E-state index contributed by atoms with van der Waals surface area (Å²) < 4.78 is 19.0. The van der Waals surface area contributed by atoms with Crippen molar-refractivity contribution in [2.75, 3.05) is 6.54 Å². The van der Waals surface area contributed by atoms with Gasteiger partial charge in [-0.25, -0.2) is 4.39 Å². The van der Waals surface area contributed by atoms with E-state index in [1.54, 1.807) is 12.1 Å². The van der Waals surface area contributed by atoms with Crippen LogP contribution in [0.4, 0.5) is 4.39 Å². The van der Waals surface area contributed by atoms with E-state index in [0.29, 0.717) is 6.54 Å². The summed E-state index contributed by atoms with van der Waals surface area (Å²) in [4.78, 5) is 0. The van der Waals surface area contributed by atoms with E-state index in [1.807, 2.05) is 0 Å². The molecule has 0 atom stereocenters. The van der Waals surface area contributed by atoms with Gasteiger partial charge in [-0.15, -0.1) is 0 Å². The van der Waals surface area contributed by atoms with Crippen molar-refractivity contribution >= 4 is 11.0 Å². The fourth-order valence-electron chi connectivity index (χ4n) is 2.08. The molecule has 0 bridgehead atoms. The molecule has 0 saturated heterocycles. The van der Waals surface area contributed by atoms with E-state index in [-0.39, 0.29) is 5.82 Å². The maximum atomic E-state index is 13.2. The summed E-state index contributed by atoms with van der Waals surface area (Å²) in [5.74, 6) is 0.725. The van der Waals surface area contributed by atoms with Crippen molar-refractivity contribution in [3.63, 3.8) is 0 Å². The fourth-order valence-corrected chi connectivity index (χ4v) is 2.08. The number of hydrogen-bond donors (Lipinski definition) is 1. The Bertz CT molecular complexity index is 504. The molecule has 0 radical (unpaired) electrons. The molecule has 2 rings (SSSR count).